The number of aryl methyl sites for hydroxylation is 1. The Hall–Kier alpha value is -1.89. The van der Waals surface area contributed by atoms with E-state index in [2.05, 4.69) is 10.2 Å². The van der Waals surface area contributed by atoms with Crippen molar-refractivity contribution in [2.75, 3.05) is 33.9 Å². The van der Waals surface area contributed by atoms with Gasteiger partial charge in [-0.15, -0.1) is 0 Å². The van der Waals surface area contributed by atoms with Crippen molar-refractivity contribution < 1.29 is 14.3 Å². The van der Waals surface area contributed by atoms with E-state index in [1.807, 2.05) is 0 Å². The number of hydrogen-bond donors (Lipinski definition) is 1. The lowest BCUT2D eigenvalue weighted by atomic mass is 9.96. The molecule has 1 N–H and O–H groups in total. The molecule has 1 fully saturated rings. The lowest BCUT2D eigenvalue weighted by Crippen LogP contribution is -2.35. The number of fused-ring (bicyclic) bond motifs is 1. The summed E-state index contributed by atoms with van der Waals surface area (Å²) in [6.07, 6.45) is 4.76. The molecule has 0 saturated carbocycles. The Morgan fingerprint density at radius 3 is 3.00 bits per heavy atom. The van der Waals surface area contributed by atoms with E-state index < -0.39 is 0 Å². The molecule has 0 spiro atoms. The van der Waals surface area contributed by atoms with Crippen LogP contribution < -0.4 is 0 Å². The summed E-state index contributed by atoms with van der Waals surface area (Å²) in [7, 11) is 3.41. The first-order valence-electron chi connectivity index (χ1n) is 8.66. The quantitative estimate of drug-likeness (QED) is 0.832. The topological polar surface area (TPSA) is 78.5 Å². The minimum Gasteiger partial charge on any atom is -0.383 e. The molecule has 0 unspecified atom stereocenters. The van der Waals surface area contributed by atoms with E-state index in [1.165, 1.54) is 24.1 Å². The zero-order chi connectivity index (χ0) is 17.1. The Morgan fingerprint density at radius 1 is 1.42 bits per heavy atom. The normalized spacial score (nSPS) is 20.3. The molecule has 1 aromatic rings. The van der Waals surface area contributed by atoms with Gasteiger partial charge in [-0.05, 0) is 31.2 Å². The number of nitrogens with zero attached hydrogens (tertiary/aromatic N) is 3. The maximum absolute atomic E-state index is 12.7. The monoisotopic (exact) mass is 334 g/mol. The smallest absolute Gasteiger partial charge is 0.228 e. The summed E-state index contributed by atoms with van der Waals surface area (Å²) in [4.78, 5) is 28.1. The largest absolute Gasteiger partial charge is 0.383 e. The van der Waals surface area contributed by atoms with Crippen LogP contribution in [0.3, 0.4) is 0 Å². The number of carbonyl (C=O) groups is 2. The lowest BCUT2D eigenvalue weighted by Gasteiger charge is -2.21. The van der Waals surface area contributed by atoms with Crippen LogP contribution >= 0.6 is 0 Å². The molecule has 1 aliphatic heterocycles. The number of likely N-dealkylation sites (tertiary alicyclic amines) is 1. The Balaban J connectivity index is 1.59. The molecule has 2 amide bonds. The average Bonchev–Trinajstić information content (AvgIpc) is 3.16. The second kappa shape index (κ2) is 7.34. The number of nitrogens with one attached hydrogen (secondary N) is 1. The van der Waals surface area contributed by atoms with Crippen molar-refractivity contribution in [1.82, 2.24) is 20.0 Å². The predicted molar refractivity (Wildman–Crippen MR) is 88.3 cm³/mol. The summed E-state index contributed by atoms with van der Waals surface area (Å²) in [5.74, 6) is -0.194. The lowest BCUT2D eigenvalue weighted by molar-refractivity contribution is -0.135. The summed E-state index contributed by atoms with van der Waals surface area (Å²) in [6.45, 7) is 2.05. The van der Waals surface area contributed by atoms with Crippen LogP contribution in [0.4, 0.5) is 0 Å². The highest BCUT2D eigenvalue weighted by Crippen LogP contribution is 2.24. The molecule has 1 saturated heterocycles. The van der Waals surface area contributed by atoms with Crippen LogP contribution in [0.25, 0.3) is 0 Å². The van der Waals surface area contributed by atoms with Gasteiger partial charge < -0.3 is 14.5 Å². The number of amides is 2. The second-order valence-electron chi connectivity index (χ2n) is 6.76. The highest BCUT2D eigenvalue weighted by molar-refractivity contribution is 5.89. The molecule has 2 aliphatic rings. The van der Waals surface area contributed by atoms with E-state index in [4.69, 9.17) is 4.74 Å². The van der Waals surface area contributed by atoms with Gasteiger partial charge in [0.05, 0.1) is 24.8 Å². The van der Waals surface area contributed by atoms with Crippen molar-refractivity contribution in [3.8, 4) is 0 Å². The predicted octanol–water partition coefficient (Wildman–Crippen LogP) is 0.742. The molecule has 1 aromatic heterocycles. The number of ether oxygens (including phenoxy) is 1. The highest BCUT2D eigenvalue weighted by atomic mass is 16.5. The number of carbonyl (C=O) groups excluding carboxylic acids is 2. The van der Waals surface area contributed by atoms with Crippen LogP contribution in [0, 0.1) is 5.92 Å². The van der Waals surface area contributed by atoms with Crippen molar-refractivity contribution in [3.63, 3.8) is 0 Å². The van der Waals surface area contributed by atoms with Gasteiger partial charge in [-0.2, -0.15) is 5.10 Å². The Kier molecular flexibility index (Phi) is 5.18. The Labute approximate surface area is 142 Å². The molecule has 0 aromatic carbocycles. The minimum atomic E-state index is -0.255. The van der Waals surface area contributed by atoms with Crippen molar-refractivity contribution in [2.24, 2.45) is 5.92 Å². The zero-order valence-corrected chi connectivity index (χ0v) is 14.5. The summed E-state index contributed by atoms with van der Waals surface area (Å²) in [5, 5.41) is 7.52. The summed E-state index contributed by atoms with van der Waals surface area (Å²) in [5.41, 5.74) is 3.48. The molecule has 3 rings (SSSR count). The number of H-pyrrole nitrogens is 1. The van der Waals surface area contributed by atoms with E-state index in [9.17, 15) is 9.59 Å². The summed E-state index contributed by atoms with van der Waals surface area (Å²) < 4.78 is 5.02. The summed E-state index contributed by atoms with van der Waals surface area (Å²) in [6, 6.07) is 0. The van der Waals surface area contributed by atoms with E-state index in [0.29, 0.717) is 32.7 Å². The third-order valence-corrected chi connectivity index (χ3v) is 5.03. The Bertz CT molecular complexity index is 613. The van der Waals surface area contributed by atoms with Crippen molar-refractivity contribution in [1.29, 1.82) is 0 Å². The maximum Gasteiger partial charge on any atom is 0.228 e. The maximum atomic E-state index is 12.7. The molecule has 132 valence electrons. The molecule has 0 bridgehead atoms. The van der Waals surface area contributed by atoms with E-state index in [0.717, 1.165) is 18.5 Å². The number of aromatic amines is 1. The molecule has 2 heterocycles. The van der Waals surface area contributed by atoms with Crippen LogP contribution in [-0.2, 0) is 33.7 Å². The Morgan fingerprint density at radius 2 is 2.21 bits per heavy atom. The van der Waals surface area contributed by atoms with Crippen LogP contribution in [0.5, 0.6) is 0 Å². The number of rotatable bonds is 6. The third-order valence-electron chi connectivity index (χ3n) is 5.03. The average molecular weight is 334 g/mol. The molecule has 7 nitrogen and oxygen atoms in total. The van der Waals surface area contributed by atoms with Crippen LogP contribution in [0.1, 0.15) is 36.2 Å². The van der Waals surface area contributed by atoms with E-state index in [1.54, 1.807) is 24.0 Å². The van der Waals surface area contributed by atoms with Gasteiger partial charge in [-0.1, -0.05) is 0 Å². The van der Waals surface area contributed by atoms with Gasteiger partial charge in [0, 0.05) is 39.4 Å². The standard InChI is InChI=1S/C17H26N4O3/c1-20(11-15-13-5-3-4-6-14(13)18-19-15)17(23)12-9-16(22)21(10-12)7-8-24-2/h12H,3-11H2,1-2H3,(H,18,19)/t12-/m0/s1. The molecule has 24 heavy (non-hydrogen) atoms. The molecule has 7 heteroatoms. The minimum absolute atomic E-state index is 0.0239. The fourth-order valence-corrected chi connectivity index (χ4v) is 3.65. The van der Waals surface area contributed by atoms with Crippen molar-refractivity contribution in [3.05, 3.63) is 17.0 Å². The van der Waals surface area contributed by atoms with Crippen LogP contribution in [0.15, 0.2) is 0 Å². The number of aromatic nitrogens is 2. The van der Waals surface area contributed by atoms with Gasteiger partial charge in [-0.3, -0.25) is 14.7 Å². The van der Waals surface area contributed by atoms with Crippen molar-refractivity contribution in [2.45, 2.75) is 38.6 Å². The number of hydrogen-bond acceptors (Lipinski definition) is 4. The first-order valence-corrected chi connectivity index (χ1v) is 8.66. The second-order valence-corrected chi connectivity index (χ2v) is 6.76. The molecule has 1 aliphatic carbocycles. The molecule has 1 atom stereocenters. The fourth-order valence-electron chi connectivity index (χ4n) is 3.65. The van der Waals surface area contributed by atoms with Crippen molar-refractivity contribution >= 4 is 11.8 Å². The molecular formula is C17H26N4O3. The first kappa shape index (κ1) is 17.0. The SMILES string of the molecule is COCCN1C[C@@H](C(=O)N(C)Cc2n[nH]c3c2CCCC3)CC1=O. The first-order chi connectivity index (χ1) is 11.6. The highest BCUT2D eigenvalue weighted by Gasteiger charge is 2.35. The van der Waals surface area contributed by atoms with E-state index >= 15 is 0 Å². The van der Waals surface area contributed by atoms with E-state index in [-0.39, 0.29) is 17.7 Å². The fraction of sp³-hybridized carbons (Fsp3) is 0.706. The zero-order valence-electron chi connectivity index (χ0n) is 14.5. The van der Waals surface area contributed by atoms with Gasteiger partial charge in [0.2, 0.25) is 11.8 Å². The third kappa shape index (κ3) is 3.45. The number of methoxy groups -OCH3 is 1. The van der Waals surface area contributed by atoms with Gasteiger partial charge in [-0.25, -0.2) is 0 Å². The van der Waals surface area contributed by atoms with Gasteiger partial charge in [0.1, 0.15) is 0 Å². The van der Waals surface area contributed by atoms with Crippen LogP contribution in [-0.4, -0.2) is 65.7 Å². The summed E-state index contributed by atoms with van der Waals surface area (Å²) >= 11 is 0. The molecule has 0 radical (unpaired) electrons. The van der Waals surface area contributed by atoms with Crippen LogP contribution in [0.2, 0.25) is 0 Å². The van der Waals surface area contributed by atoms with Gasteiger partial charge >= 0.3 is 0 Å². The molecular weight excluding hydrogens is 308 g/mol. The van der Waals surface area contributed by atoms with Gasteiger partial charge in [0.25, 0.3) is 0 Å². The van der Waals surface area contributed by atoms with Gasteiger partial charge in [0.15, 0.2) is 0 Å².